The summed E-state index contributed by atoms with van der Waals surface area (Å²) in [4.78, 5) is 27.1. The summed E-state index contributed by atoms with van der Waals surface area (Å²) in [5.41, 5.74) is -1.36. The highest BCUT2D eigenvalue weighted by atomic mass is 79.9. The highest BCUT2D eigenvalue weighted by Gasteiger charge is 2.21. The Labute approximate surface area is 150 Å². The van der Waals surface area contributed by atoms with Gasteiger partial charge in [0.25, 0.3) is 5.88 Å². The molecular formula is C15H14BrN3O6. The molecule has 132 valence electrons. The molecule has 0 radical (unpaired) electrons. The monoisotopic (exact) mass is 411 g/mol. The molecule has 9 nitrogen and oxygen atoms in total. The van der Waals surface area contributed by atoms with Crippen molar-refractivity contribution in [3.8, 4) is 17.4 Å². The fourth-order valence-corrected chi connectivity index (χ4v) is 2.45. The van der Waals surface area contributed by atoms with Gasteiger partial charge in [-0.15, -0.1) is 0 Å². The Morgan fingerprint density at radius 1 is 1.40 bits per heavy atom. The van der Waals surface area contributed by atoms with E-state index in [1.54, 1.807) is 18.2 Å². The molecule has 1 aromatic heterocycles. The van der Waals surface area contributed by atoms with Gasteiger partial charge in [-0.05, 0) is 30.7 Å². The summed E-state index contributed by atoms with van der Waals surface area (Å²) in [7, 11) is 1.51. The number of nitrogens with zero attached hydrogens (tertiary/aromatic N) is 2. The van der Waals surface area contributed by atoms with Gasteiger partial charge >= 0.3 is 11.2 Å². The summed E-state index contributed by atoms with van der Waals surface area (Å²) in [6.45, 7) is 2.33. The summed E-state index contributed by atoms with van der Waals surface area (Å²) < 4.78 is 11.4. The van der Waals surface area contributed by atoms with E-state index in [9.17, 15) is 20.0 Å². The molecule has 1 aromatic carbocycles. The number of hydrogen-bond donors (Lipinski definition) is 2. The molecule has 0 aliphatic carbocycles. The quantitative estimate of drug-likeness (QED) is 0.552. The van der Waals surface area contributed by atoms with Crippen molar-refractivity contribution in [2.45, 2.75) is 6.92 Å². The molecule has 25 heavy (non-hydrogen) atoms. The first-order chi connectivity index (χ1) is 11.9. The molecule has 0 saturated carbocycles. The maximum atomic E-state index is 11.6. The standard InChI is InChI=1S/C15H14BrN3O6/c1-3-25-11-7-9(16)8(6-10(11)24-2)4-5-12-17-14(20)13(19(22)23)15(21)18-12/h4-7H,3H2,1-2H3,(H2,17,18,20,21)/b5-4+. The Balaban J connectivity index is 2.40. The number of hydrogen-bond acceptors (Lipinski definition) is 7. The van der Waals surface area contributed by atoms with E-state index in [0.29, 0.717) is 28.1 Å². The zero-order valence-corrected chi connectivity index (χ0v) is 14.9. The van der Waals surface area contributed by atoms with E-state index in [-0.39, 0.29) is 5.82 Å². The normalized spacial score (nSPS) is 10.8. The van der Waals surface area contributed by atoms with Crippen LogP contribution >= 0.6 is 15.9 Å². The lowest BCUT2D eigenvalue weighted by Crippen LogP contribution is -2.14. The van der Waals surface area contributed by atoms with Crippen LogP contribution in [-0.2, 0) is 0 Å². The van der Waals surface area contributed by atoms with Gasteiger partial charge in [0, 0.05) is 4.47 Å². The van der Waals surface area contributed by atoms with Gasteiger partial charge in [0.15, 0.2) is 11.5 Å². The van der Waals surface area contributed by atoms with Crippen LogP contribution < -0.4 is 15.0 Å². The first-order valence-electron chi connectivity index (χ1n) is 7.03. The molecule has 0 saturated heterocycles. The molecular weight excluding hydrogens is 398 g/mol. The summed E-state index contributed by atoms with van der Waals surface area (Å²) in [5, 5.41) is 20.2. The van der Waals surface area contributed by atoms with Gasteiger partial charge in [-0.25, -0.2) is 0 Å². The van der Waals surface area contributed by atoms with Crippen LogP contribution in [0, 0.1) is 10.1 Å². The van der Waals surface area contributed by atoms with Crippen LogP contribution in [0.2, 0.25) is 0 Å². The number of halogens is 1. The maximum Gasteiger partial charge on any atom is 0.395 e. The predicted molar refractivity (Wildman–Crippen MR) is 94.0 cm³/mol. The zero-order valence-electron chi connectivity index (χ0n) is 13.3. The molecule has 2 aromatic rings. The second-order valence-electron chi connectivity index (χ2n) is 4.67. The summed E-state index contributed by atoms with van der Waals surface area (Å²) in [5.74, 6) is 0.0934. The van der Waals surface area contributed by atoms with Crippen LogP contribution in [0.25, 0.3) is 12.2 Å². The third-order valence-electron chi connectivity index (χ3n) is 3.08. The van der Waals surface area contributed by atoms with E-state index in [0.717, 1.165) is 0 Å². The van der Waals surface area contributed by atoms with E-state index in [1.165, 1.54) is 13.2 Å². The van der Waals surface area contributed by atoms with Crippen molar-refractivity contribution in [1.82, 2.24) is 9.97 Å². The van der Waals surface area contributed by atoms with Gasteiger partial charge in [0.05, 0.1) is 18.6 Å². The average Bonchev–Trinajstić information content (AvgIpc) is 2.53. The second kappa shape index (κ2) is 7.79. The van der Waals surface area contributed by atoms with Gasteiger partial charge in [-0.3, -0.25) is 14.9 Å². The highest BCUT2D eigenvalue weighted by Crippen LogP contribution is 2.34. The largest absolute Gasteiger partial charge is 0.493 e. The number of benzene rings is 1. The number of aromatic nitrogens is 2. The van der Waals surface area contributed by atoms with Crippen molar-refractivity contribution in [1.29, 1.82) is 0 Å². The van der Waals surface area contributed by atoms with Crippen LogP contribution in [0.3, 0.4) is 0 Å². The number of aromatic hydroxyl groups is 1. The molecule has 0 bridgehead atoms. The van der Waals surface area contributed by atoms with Gasteiger partial charge < -0.3 is 19.6 Å². The highest BCUT2D eigenvalue weighted by molar-refractivity contribution is 9.10. The van der Waals surface area contributed by atoms with Gasteiger partial charge in [0.1, 0.15) is 5.82 Å². The number of methoxy groups -OCH3 is 1. The molecule has 0 amide bonds. The number of nitro groups is 1. The van der Waals surface area contributed by atoms with E-state index in [4.69, 9.17) is 9.47 Å². The number of rotatable bonds is 6. The Bertz CT molecular complexity index is 894. The maximum absolute atomic E-state index is 11.6. The summed E-state index contributed by atoms with van der Waals surface area (Å²) in [6.07, 6.45) is 2.98. The molecule has 10 heteroatoms. The minimum atomic E-state index is -1.04. The van der Waals surface area contributed by atoms with E-state index < -0.39 is 22.0 Å². The van der Waals surface area contributed by atoms with E-state index in [1.807, 2.05) is 6.92 Å². The Morgan fingerprint density at radius 2 is 2.12 bits per heavy atom. The van der Waals surface area contributed by atoms with Crippen LogP contribution in [0.15, 0.2) is 21.4 Å². The van der Waals surface area contributed by atoms with Crippen molar-refractivity contribution in [2.75, 3.05) is 13.7 Å². The Hall–Kier alpha value is -2.88. The van der Waals surface area contributed by atoms with Crippen molar-refractivity contribution in [2.24, 2.45) is 0 Å². The lowest BCUT2D eigenvalue weighted by Gasteiger charge is -2.11. The molecule has 0 fully saturated rings. The summed E-state index contributed by atoms with van der Waals surface area (Å²) in [6, 6.07) is 3.43. The molecule has 0 aliphatic rings. The van der Waals surface area contributed by atoms with Crippen LogP contribution in [0.4, 0.5) is 5.69 Å². The number of H-pyrrole nitrogens is 1. The topological polar surface area (TPSA) is 128 Å². The minimum absolute atomic E-state index is 0.0344. The summed E-state index contributed by atoms with van der Waals surface area (Å²) >= 11 is 3.40. The number of ether oxygens (including phenoxy) is 2. The van der Waals surface area contributed by atoms with Crippen LogP contribution in [-0.4, -0.2) is 33.7 Å². The van der Waals surface area contributed by atoms with Crippen LogP contribution in [0.1, 0.15) is 18.3 Å². The zero-order chi connectivity index (χ0) is 18.6. The van der Waals surface area contributed by atoms with E-state index >= 15 is 0 Å². The number of aromatic amines is 1. The van der Waals surface area contributed by atoms with E-state index in [2.05, 4.69) is 25.9 Å². The minimum Gasteiger partial charge on any atom is -0.493 e. The van der Waals surface area contributed by atoms with Gasteiger partial charge in [-0.2, -0.15) is 4.98 Å². The Kier molecular flexibility index (Phi) is 5.75. The SMILES string of the molecule is CCOc1cc(Br)c(/C=C/c2nc(O)c([N+](=O)[O-])c(=O)[nH]2)cc1OC. The molecule has 0 spiro atoms. The van der Waals surface area contributed by atoms with Crippen molar-refractivity contribution in [3.05, 3.63) is 48.5 Å². The molecule has 2 rings (SSSR count). The predicted octanol–water partition coefficient (Wildman–Crippen LogP) is 2.72. The second-order valence-corrected chi connectivity index (χ2v) is 5.53. The molecule has 0 unspecified atom stereocenters. The fraction of sp³-hybridized carbons (Fsp3) is 0.200. The first kappa shape index (κ1) is 18.5. The third-order valence-corrected chi connectivity index (χ3v) is 3.77. The number of nitrogens with one attached hydrogen (secondary N) is 1. The molecule has 0 aliphatic heterocycles. The molecule has 1 heterocycles. The van der Waals surface area contributed by atoms with Crippen LogP contribution in [0.5, 0.6) is 17.4 Å². The average molecular weight is 412 g/mol. The lowest BCUT2D eigenvalue weighted by atomic mass is 10.2. The third kappa shape index (κ3) is 4.15. The fourth-order valence-electron chi connectivity index (χ4n) is 1.99. The Morgan fingerprint density at radius 3 is 2.68 bits per heavy atom. The van der Waals surface area contributed by atoms with Gasteiger partial charge in [0.2, 0.25) is 0 Å². The smallest absolute Gasteiger partial charge is 0.395 e. The van der Waals surface area contributed by atoms with Crippen molar-refractivity contribution >= 4 is 33.8 Å². The van der Waals surface area contributed by atoms with Crippen molar-refractivity contribution < 1.29 is 19.5 Å². The van der Waals surface area contributed by atoms with Gasteiger partial charge in [-0.1, -0.05) is 22.0 Å². The molecule has 0 atom stereocenters. The molecule has 2 N–H and O–H groups in total. The first-order valence-corrected chi connectivity index (χ1v) is 7.82. The lowest BCUT2D eigenvalue weighted by molar-refractivity contribution is -0.387. The van der Waals surface area contributed by atoms with Crippen molar-refractivity contribution in [3.63, 3.8) is 0 Å².